The molecule has 1 aromatic rings. The summed E-state index contributed by atoms with van der Waals surface area (Å²) in [4.78, 5) is 14.1. The molecule has 1 amide bonds. The summed E-state index contributed by atoms with van der Waals surface area (Å²) in [6.45, 7) is 11.0. The molecule has 0 spiro atoms. The molecule has 5 heteroatoms. The van der Waals surface area contributed by atoms with Gasteiger partial charge in [0.15, 0.2) is 0 Å². The van der Waals surface area contributed by atoms with Crippen molar-refractivity contribution in [3.05, 3.63) is 28.2 Å². The molecule has 0 fully saturated rings. The lowest BCUT2D eigenvalue weighted by molar-refractivity contribution is -0.120. The average Bonchev–Trinajstić information content (AvgIpc) is 2.42. The summed E-state index contributed by atoms with van der Waals surface area (Å²) in [5.74, 6) is 0.0567. The Kier molecular flexibility index (Phi) is 7.75. The van der Waals surface area contributed by atoms with Crippen LogP contribution in [-0.4, -0.2) is 31.6 Å². The Hall–Kier alpha value is -1.07. The zero-order chi connectivity index (χ0) is 15.8. The van der Waals surface area contributed by atoms with Gasteiger partial charge in [0.25, 0.3) is 0 Å². The number of hydrogen-bond donors (Lipinski definition) is 2. The van der Waals surface area contributed by atoms with Crippen LogP contribution in [0.15, 0.2) is 22.7 Å². The molecule has 0 aromatic heterocycles. The van der Waals surface area contributed by atoms with Crippen LogP contribution in [0.4, 0.5) is 5.69 Å². The van der Waals surface area contributed by atoms with Crippen LogP contribution in [0, 0.1) is 0 Å². The van der Waals surface area contributed by atoms with Crippen LogP contribution in [-0.2, 0) is 11.3 Å². The average molecular weight is 356 g/mol. The summed E-state index contributed by atoms with van der Waals surface area (Å²) in [6, 6.07) is 6.39. The summed E-state index contributed by atoms with van der Waals surface area (Å²) in [7, 11) is 0. The topological polar surface area (TPSA) is 44.4 Å². The van der Waals surface area contributed by atoms with Crippen molar-refractivity contribution in [2.75, 3.05) is 24.5 Å². The lowest BCUT2D eigenvalue weighted by Gasteiger charge is -2.26. The van der Waals surface area contributed by atoms with E-state index in [2.05, 4.69) is 57.4 Å². The number of benzene rings is 1. The van der Waals surface area contributed by atoms with Crippen LogP contribution in [0.2, 0.25) is 0 Å². The number of hydrogen-bond acceptors (Lipinski definition) is 3. The maximum atomic E-state index is 12.0. The van der Waals surface area contributed by atoms with Crippen LogP contribution in [0.25, 0.3) is 0 Å². The van der Waals surface area contributed by atoms with E-state index in [9.17, 15) is 4.79 Å². The van der Waals surface area contributed by atoms with Crippen LogP contribution >= 0.6 is 15.9 Å². The molecule has 4 nitrogen and oxygen atoms in total. The van der Waals surface area contributed by atoms with E-state index in [0.717, 1.165) is 29.8 Å². The number of carbonyl (C=O) groups is 1. The number of nitrogens with one attached hydrogen (secondary N) is 2. The van der Waals surface area contributed by atoms with Gasteiger partial charge in [0.05, 0.1) is 6.54 Å². The normalized spacial score (nSPS) is 10.8. The van der Waals surface area contributed by atoms with Crippen LogP contribution in [0.5, 0.6) is 0 Å². The maximum Gasteiger partial charge on any atom is 0.239 e. The molecule has 2 N–H and O–H groups in total. The largest absolute Gasteiger partial charge is 0.362 e. The molecule has 0 bridgehead atoms. The molecular formula is C16H26BrN3O. The van der Waals surface area contributed by atoms with Crippen molar-refractivity contribution in [1.29, 1.82) is 0 Å². The molecule has 0 unspecified atom stereocenters. The second-order valence-corrected chi connectivity index (χ2v) is 6.21. The minimum Gasteiger partial charge on any atom is -0.362 e. The Balaban J connectivity index is 2.92. The van der Waals surface area contributed by atoms with E-state index in [1.165, 1.54) is 5.56 Å². The smallest absolute Gasteiger partial charge is 0.239 e. The Bertz CT molecular complexity index is 463. The molecule has 1 rings (SSSR count). The quantitative estimate of drug-likeness (QED) is 0.753. The van der Waals surface area contributed by atoms with Crippen molar-refractivity contribution >= 4 is 27.5 Å². The number of carbonyl (C=O) groups excluding carboxylic acids is 1. The standard InChI is InChI=1S/C16H26BrN3O/c1-5-18-10-13-7-8-14(17)9-15(13)20(6-2)11-16(21)19-12(3)4/h7-9,12,18H,5-6,10-11H2,1-4H3,(H,19,21). The zero-order valence-corrected chi connectivity index (χ0v) is 15.0. The number of amides is 1. The Labute approximate surface area is 136 Å². The lowest BCUT2D eigenvalue weighted by Crippen LogP contribution is -2.40. The first-order chi connectivity index (χ1) is 9.97. The van der Waals surface area contributed by atoms with Gasteiger partial charge >= 0.3 is 0 Å². The van der Waals surface area contributed by atoms with E-state index in [-0.39, 0.29) is 11.9 Å². The summed E-state index contributed by atoms with van der Waals surface area (Å²) in [5.41, 5.74) is 2.31. The number of halogens is 1. The first-order valence-electron chi connectivity index (χ1n) is 7.51. The first kappa shape index (κ1) is 18.0. The third kappa shape index (κ3) is 6.06. The molecule has 1 aromatic carbocycles. The SMILES string of the molecule is CCNCc1ccc(Br)cc1N(CC)CC(=O)NC(C)C. The highest BCUT2D eigenvalue weighted by atomic mass is 79.9. The van der Waals surface area contributed by atoms with Crippen LogP contribution in [0.1, 0.15) is 33.3 Å². The molecule has 118 valence electrons. The van der Waals surface area contributed by atoms with Gasteiger partial charge in [0.2, 0.25) is 5.91 Å². The van der Waals surface area contributed by atoms with Crippen LogP contribution < -0.4 is 15.5 Å². The molecule has 0 aliphatic rings. The first-order valence-corrected chi connectivity index (χ1v) is 8.30. The molecule has 0 saturated carbocycles. The summed E-state index contributed by atoms with van der Waals surface area (Å²) >= 11 is 3.52. The number of anilines is 1. The van der Waals surface area contributed by atoms with Gasteiger partial charge < -0.3 is 15.5 Å². The van der Waals surface area contributed by atoms with E-state index in [0.29, 0.717) is 6.54 Å². The van der Waals surface area contributed by atoms with Gasteiger partial charge in [-0.15, -0.1) is 0 Å². The summed E-state index contributed by atoms with van der Waals surface area (Å²) in [5, 5.41) is 6.29. The fraction of sp³-hybridized carbons (Fsp3) is 0.562. The predicted octanol–water partition coefficient (Wildman–Crippen LogP) is 2.91. The molecule has 21 heavy (non-hydrogen) atoms. The predicted molar refractivity (Wildman–Crippen MR) is 92.7 cm³/mol. The van der Waals surface area contributed by atoms with E-state index >= 15 is 0 Å². The molecule has 0 atom stereocenters. The van der Waals surface area contributed by atoms with E-state index in [1.807, 2.05) is 19.9 Å². The minimum atomic E-state index is 0.0567. The molecule has 0 aliphatic heterocycles. The second kappa shape index (κ2) is 9.05. The third-order valence-corrected chi connectivity index (χ3v) is 3.61. The Morgan fingerprint density at radius 3 is 2.62 bits per heavy atom. The fourth-order valence-electron chi connectivity index (χ4n) is 2.15. The van der Waals surface area contributed by atoms with Crippen molar-refractivity contribution in [3.63, 3.8) is 0 Å². The number of nitrogens with zero attached hydrogens (tertiary/aromatic N) is 1. The molecular weight excluding hydrogens is 330 g/mol. The van der Waals surface area contributed by atoms with Gasteiger partial charge in [0.1, 0.15) is 0 Å². The summed E-state index contributed by atoms with van der Waals surface area (Å²) < 4.78 is 1.03. The molecule has 0 heterocycles. The van der Waals surface area contributed by atoms with Crippen LogP contribution in [0.3, 0.4) is 0 Å². The third-order valence-electron chi connectivity index (χ3n) is 3.12. The molecule has 0 aliphatic carbocycles. The second-order valence-electron chi connectivity index (χ2n) is 5.29. The van der Waals surface area contributed by atoms with Crippen molar-refractivity contribution in [2.24, 2.45) is 0 Å². The highest BCUT2D eigenvalue weighted by Gasteiger charge is 2.14. The van der Waals surface area contributed by atoms with Crippen molar-refractivity contribution < 1.29 is 4.79 Å². The van der Waals surface area contributed by atoms with Gasteiger partial charge in [-0.2, -0.15) is 0 Å². The zero-order valence-electron chi connectivity index (χ0n) is 13.4. The van der Waals surface area contributed by atoms with Gasteiger partial charge in [0, 0.05) is 29.3 Å². The van der Waals surface area contributed by atoms with Gasteiger partial charge in [-0.05, 0) is 45.0 Å². The summed E-state index contributed by atoms with van der Waals surface area (Å²) in [6.07, 6.45) is 0. The number of rotatable bonds is 8. The monoisotopic (exact) mass is 355 g/mol. The fourth-order valence-corrected chi connectivity index (χ4v) is 2.50. The minimum absolute atomic E-state index is 0.0567. The Morgan fingerprint density at radius 1 is 1.33 bits per heavy atom. The maximum absolute atomic E-state index is 12.0. The van der Waals surface area contributed by atoms with Crippen molar-refractivity contribution in [3.8, 4) is 0 Å². The van der Waals surface area contributed by atoms with E-state index < -0.39 is 0 Å². The van der Waals surface area contributed by atoms with Gasteiger partial charge in [-0.3, -0.25) is 4.79 Å². The van der Waals surface area contributed by atoms with Crippen molar-refractivity contribution in [2.45, 2.75) is 40.3 Å². The number of likely N-dealkylation sites (N-methyl/N-ethyl adjacent to an activating group) is 1. The highest BCUT2D eigenvalue weighted by molar-refractivity contribution is 9.10. The van der Waals surface area contributed by atoms with Crippen molar-refractivity contribution in [1.82, 2.24) is 10.6 Å². The Morgan fingerprint density at radius 2 is 2.05 bits per heavy atom. The van der Waals surface area contributed by atoms with E-state index in [1.54, 1.807) is 0 Å². The van der Waals surface area contributed by atoms with E-state index in [4.69, 9.17) is 0 Å². The lowest BCUT2D eigenvalue weighted by atomic mass is 10.1. The van der Waals surface area contributed by atoms with Gasteiger partial charge in [-0.25, -0.2) is 0 Å². The highest BCUT2D eigenvalue weighted by Crippen LogP contribution is 2.25. The molecule has 0 radical (unpaired) electrons. The van der Waals surface area contributed by atoms with Gasteiger partial charge in [-0.1, -0.05) is 28.9 Å². The molecule has 0 saturated heterocycles.